The standard InChI is InChI=1S/C40H34F2N2O15/c1-20-4-6-28(43(16-36(47)48)17-37(49)50)34(10-20)55-8-9-56-35-11-23(5-7-29(35)44(18-38(51)52)19-39(53)54)40-24-12-26(41)32(57-21(2)45)14-30(24)59-31-15-33(58-22(3)46)27(42)13-25(31)40/h4-7,10-15H,8-9,16-19H2,1-3H3,(H3-,47,48,49,50,51,52,53,54)/p+1. The van der Waals surface area contributed by atoms with Gasteiger partial charge in [-0.05, 0) is 54.5 Å². The molecule has 2 aliphatic rings. The van der Waals surface area contributed by atoms with E-state index in [4.69, 9.17) is 23.7 Å². The highest BCUT2D eigenvalue weighted by molar-refractivity contribution is 6.08. The monoisotopic (exact) mass is 821 g/mol. The van der Waals surface area contributed by atoms with E-state index in [0.717, 1.165) is 47.6 Å². The molecule has 1 heterocycles. The third kappa shape index (κ3) is 10.6. The smallest absolute Gasteiger partial charge is 0.369 e. The first-order chi connectivity index (χ1) is 27.9. The fourth-order valence-corrected chi connectivity index (χ4v) is 6.12. The number of nitrogens with zero attached hydrogens (tertiary/aromatic N) is 2. The first kappa shape index (κ1) is 42.6. The first-order valence-electron chi connectivity index (χ1n) is 17.4. The lowest BCUT2D eigenvalue weighted by Crippen LogP contribution is -2.34. The fraction of sp³-hybridized carbons (Fsp3) is 0.225. The van der Waals surface area contributed by atoms with Crippen molar-refractivity contribution in [1.82, 2.24) is 0 Å². The van der Waals surface area contributed by atoms with Crippen molar-refractivity contribution in [3.63, 3.8) is 0 Å². The number of anilines is 1. The van der Waals surface area contributed by atoms with Gasteiger partial charge in [-0.1, -0.05) is 6.07 Å². The Balaban J connectivity index is 1.63. The molecule has 3 aromatic carbocycles. The van der Waals surface area contributed by atoms with Gasteiger partial charge in [0.1, 0.15) is 43.6 Å². The molecule has 0 fully saturated rings. The largest absolute Gasteiger partial charge is 0.488 e. The van der Waals surface area contributed by atoms with E-state index in [-0.39, 0.29) is 69.9 Å². The Morgan fingerprint density at radius 3 is 1.71 bits per heavy atom. The van der Waals surface area contributed by atoms with Gasteiger partial charge in [0.2, 0.25) is 18.8 Å². The van der Waals surface area contributed by atoms with Crippen molar-refractivity contribution in [3.8, 4) is 28.7 Å². The number of benzene rings is 3. The van der Waals surface area contributed by atoms with E-state index < -0.39 is 85.1 Å². The van der Waals surface area contributed by atoms with E-state index in [0.29, 0.717) is 5.56 Å². The molecule has 59 heavy (non-hydrogen) atoms. The van der Waals surface area contributed by atoms with Crippen molar-refractivity contribution < 1.29 is 86.2 Å². The van der Waals surface area contributed by atoms with E-state index in [1.54, 1.807) is 19.1 Å². The molecule has 5 rings (SSSR count). The summed E-state index contributed by atoms with van der Waals surface area (Å²) >= 11 is 0. The predicted molar refractivity (Wildman–Crippen MR) is 199 cm³/mol. The molecule has 0 amide bonds. The van der Waals surface area contributed by atoms with Crippen LogP contribution in [0.15, 0.2) is 72.0 Å². The van der Waals surface area contributed by atoms with Crippen LogP contribution in [0.4, 0.5) is 14.5 Å². The second-order valence-electron chi connectivity index (χ2n) is 12.9. The molecular weight excluding hydrogens is 786 g/mol. The van der Waals surface area contributed by atoms with Crippen molar-refractivity contribution in [2.24, 2.45) is 0 Å². The minimum atomic E-state index is -1.39. The topological polar surface area (TPSA) is 236 Å². The number of allylic oxidation sites excluding steroid dienone is 4. The number of aryl methyl sites for hydroxylation is 1. The molecule has 0 bridgehead atoms. The van der Waals surface area contributed by atoms with Crippen LogP contribution < -0.4 is 23.8 Å². The quantitative estimate of drug-likeness (QED) is 0.0537. The summed E-state index contributed by atoms with van der Waals surface area (Å²) in [7, 11) is 0. The second-order valence-corrected chi connectivity index (χ2v) is 12.9. The highest BCUT2D eigenvalue weighted by Gasteiger charge is 2.32. The Hall–Kier alpha value is -7.57. The van der Waals surface area contributed by atoms with Gasteiger partial charge in [-0.15, -0.1) is 0 Å². The van der Waals surface area contributed by atoms with Gasteiger partial charge in [-0.2, -0.15) is 0 Å². The van der Waals surface area contributed by atoms with Gasteiger partial charge in [-0.3, -0.25) is 19.2 Å². The zero-order valence-corrected chi connectivity index (χ0v) is 31.4. The minimum Gasteiger partial charge on any atom is -0.488 e. The van der Waals surface area contributed by atoms with Crippen LogP contribution in [0.1, 0.15) is 30.5 Å². The van der Waals surface area contributed by atoms with Gasteiger partial charge in [-0.25, -0.2) is 22.9 Å². The Bertz CT molecular complexity index is 2290. The number of carboxylic acids is 4. The van der Waals surface area contributed by atoms with Crippen LogP contribution in [0, 0.1) is 18.6 Å². The lowest BCUT2D eigenvalue weighted by Gasteiger charge is -2.26. The lowest BCUT2D eigenvalue weighted by atomic mass is 9.87. The Morgan fingerprint density at radius 1 is 0.695 bits per heavy atom. The molecule has 1 aliphatic carbocycles. The van der Waals surface area contributed by atoms with Gasteiger partial charge in [0.15, 0.2) is 28.9 Å². The number of aliphatic carboxylic acids is 4. The van der Waals surface area contributed by atoms with Crippen LogP contribution in [-0.4, -0.2) is 106 Å². The molecule has 308 valence electrons. The Morgan fingerprint density at radius 2 is 1.22 bits per heavy atom. The summed E-state index contributed by atoms with van der Waals surface area (Å²) < 4.78 is 59.9. The van der Waals surface area contributed by atoms with Crippen LogP contribution >= 0.6 is 0 Å². The van der Waals surface area contributed by atoms with Gasteiger partial charge < -0.3 is 49.0 Å². The molecule has 3 aromatic rings. The summed E-state index contributed by atoms with van der Waals surface area (Å²) in [5, 5.41) is 38.1. The lowest BCUT2D eigenvalue weighted by molar-refractivity contribution is -0.508. The number of rotatable bonds is 16. The zero-order valence-electron chi connectivity index (χ0n) is 31.4. The molecule has 0 saturated heterocycles. The van der Waals surface area contributed by atoms with E-state index in [1.165, 1.54) is 24.3 Å². The number of esters is 2. The van der Waals surface area contributed by atoms with Crippen LogP contribution in [0.3, 0.4) is 0 Å². The molecule has 0 radical (unpaired) electrons. The number of hydrogen-bond donors (Lipinski definition) is 4. The van der Waals surface area contributed by atoms with Crippen molar-refractivity contribution in [3.05, 3.63) is 100 Å². The average Bonchev–Trinajstić information content (AvgIpc) is 3.12. The molecule has 4 N–H and O–H groups in total. The van der Waals surface area contributed by atoms with Gasteiger partial charge in [0.25, 0.3) is 0 Å². The maximum atomic E-state index is 15.5. The third-order valence-corrected chi connectivity index (χ3v) is 8.28. The number of ether oxygens (including phenoxy) is 5. The predicted octanol–water partition coefficient (Wildman–Crippen LogP) is 4.18. The molecular formula is C40H35F2N2O15+. The summed E-state index contributed by atoms with van der Waals surface area (Å²) in [5.74, 6) is -10.2. The van der Waals surface area contributed by atoms with Crippen LogP contribution in [0.2, 0.25) is 0 Å². The number of fused-ring (bicyclic) bond motifs is 2. The minimum absolute atomic E-state index is 0.0234. The van der Waals surface area contributed by atoms with Crippen LogP contribution in [0.5, 0.6) is 28.7 Å². The summed E-state index contributed by atoms with van der Waals surface area (Å²) in [6.45, 7) is 0.332. The molecule has 0 aromatic heterocycles. The zero-order chi connectivity index (χ0) is 43.1. The number of carboxylic acid groups (broad SMARTS) is 4. The number of halogens is 2. The van der Waals surface area contributed by atoms with Gasteiger partial charge in [0.05, 0.1) is 5.69 Å². The first-order valence-corrected chi connectivity index (χ1v) is 17.4. The molecule has 1 aliphatic heterocycles. The molecule has 17 nitrogen and oxygen atoms in total. The summed E-state index contributed by atoms with van der Waals surface area (Å²) in [4.78, 5) is 71.3. The molecule has 0 saturated carbocycles. The fourth-order valence-electron chi connectivity index (χ4n) is 6.12. The highest BCUT2D eigenvalue weighted by atomic mass is 19.1. The Labute approximate surface area is 332 Å². The molecule has 0 spiro atoms. The number of hydrogen-bond acceptors (Lipinski definition) is 12. The van der Waals surface area contributed by atoms with Crippen LogP contribution in [0.25, 0.3) is 5.57 Å². The van der Waals surface area contributed by atoms with E-state index in [9.17, 15) is 49.2 Å². The summed E-state index contributed by atoms with van der Waals surface area (Å²) in [6.07, 6.45) is 4.11. The maximum absolute atomic E-state index is 15.5. The average molecular weight is 822 g/mol. The summed E-state index contributed by atoms with van der Waals surface area (Å²) in [5.41, 5.74) is 1.16. The molecule has 0 unspecified atom stereocenters. The second kappa shape index (κ2) is 18.1. The number of carbonyl (C=O) groups excluding carboxylic acids is 2. The van der Waals surface area contributed by atoms with Crippen molar-refractivity contribution in [2.75, 3.05) is 44.3 Å². The summed E-state index contributed by atoms with van der Waals surface area (Å²) in [6, 6.07) is 8.79. The maximum Gasteiger partial charge on any atom is 0.369 e. The van der Waals surface area contributed by atoms with E-state index in [1.807, 2.05) is 0 Å². The molecule has 0 atom stereocenters. The SMILES string of the molecule is CC(=O)Oc1cc2c(cc1F)C(=C1C=CC(=[N+](CC(=O)O)CC(=O)O)C(OCCOc3cc(C)ccc3N(CC(=O)O)CC(=O)O)=C1)c1cc(F)c(OC(C)=O)cc1O2. The van der Waals surface area contributed by atoms with Gasteiger partial charge in [0, 0.05) is 48.8 Å². The normalized spacial score (nSPS) is 12.6. The van der Waals surface area contributed by atoms with E-state index >= 15 is 8.78 Å². The highest BCUT2D eigenvalue weighted by Crippen LogP contribution is 2.49. The van der Waals surface area contributed by atoms with Crippen molar-refractivity contribution in [1.29, 1.82) is 0 Å². The number of carbonyl (C=O) groups is 6. The van der Waals surface area contributed by atoms with Gasteiger partial charge >= 0.3 is 35.8 Å². The van der Waals surface area contributed by atoms with Crippen molar-refractivity contribution in [2.45, 2.75) is 20.8 Å². The van der Waals surface area contributed by atoms with Crippen LogP contribution in [-0.2, 0) is 33.5 Å². The Kier molecular flexibility index (Phi) is 13.1. The van der Waals surface area contributed by atoms with E-state index in [2.05, 4.69) is 0 Å². The van der Waals surface area contributed by atoms with Crippen molar-refractivity contribution >= 4 is 52.8 Å². The molecule has 19 heteroatoms. The third-order valence-electron chi connectivity index (χ3n) is 8.28.